The van der Waals surface area contributed by atoms with Crippen molar-refractivity contribution in [3.63, 3.8) is 0 Å². The summed E-state index contributed by atoms with van der Waals surface area (Å²) in [7, 11) is -2.79. The van der Waals surface area contributed by atoms with Crippen LogP contribution in [0.2, 0.25) is 0 Å². The Balaban J connectivity index is 1.78. The summed E-state index contributed by atoms with van der Waals surface area (Å²) in [5, 5.41) is 3.48. The minimum Gasteiger partial charge on any atom is -0.330 e. The molecule has 3 rings (SSSR count). The Bertz CT molecular complexity index is 503. The molecule has 0 saturated carbocycles. The Morgan fingerprint density at radius 2 is 2.06 bits per heavy atom. The first kappa shape index (κ1) is 12.2. The highest BCUT2D eigenvalue weighted by atomic mass is 32.2. The fraction of sp³-hybridized carbons (Fsp3) is 0.750. The molecule has 1 unspecified atom stereocenters. The molecular formula is C12H19N3O2S. The lowest BCUT2D eigenvalue weighted by Gasteiger charge is -2.26. The molecule has 0 radical (unpaired) electrons. The van der Waals surface area contributed by atoms with Crippen LogP contribution in [-0.4, -0.2) is 36.0 Å². The van der Waals surface area contributed by atoms with E-state index in [2.05, 4.69) is 14.9 Å². The zero-order valence-corrected chi connectivity index (χ0v) is 11.2. The van der Waals surface area contributed by atoms with Crippen molar-refractivity contribution in [2.45, 2.75) is 37.8 Å². The quantitative estimate of drug-likeness (QED) is 0.872. The highest BCUT2D eigenvalue weighted by Crippen LogP contribution is 2.30. The predicted molar refractivity (Wildman–Crippen MR) is 69.1 cm³/mol. The van der Waals surface area contributed by atoms with Crippen molar-refractivity contribution in [1.82, 2.24) is 14.9 Å². The Morgan fingerprint density at radius 1 is 1.28 bits per heavy atom. The average molecular weight is 269 g/mol. The molecule has 3 heterocycles. The minimum atomic E-state index is -2.79. The molecule has 2 saturated heterocycles. The molecule has 0 aliphatic carbocycles. The van der Waals surface area contributed by atoms with Gasteiger partial charge in [-0.2, -0.15) is 0 Å². The van der Waals surface area contributed by atoms with Crippen molar-refractivity contribution < 1.29 is 8.42 Å². The maximum Gasteiger partial charge on any atom is 0.150 e. The summed E-state index contributed by atoms with van der Waals surface area (Å²) in [6, 6.07) is 0.694. The lowest BCUT2D eigenvalue weighted by atomic mass is 10.1. The molecule has 6 heteroatoms. The predicted octanol–water partition coefficient (Wildman–Crippen LogP) is 1.06. The number of hydrogen-bond donors (Lipinski definition) is 1. The Morgan fingerprint density at radius 3 is 2.72 bits per heavy atom. The summed E-state index contributed by atoms with van der Waals surface area (Å²) < 4.78 is 25.1. The molecule has 0 amide bonds. The monoisotopic (exact) mass is 269 g/mol. The van der Waals surface area contributed by atoms with Crippen LogP contribution in [0.25, 0.3) is 0 Å². The number of imidazole rings is 1. The first-order valence-corrected chi connectivity index (χ1v) is 8.43. The van der Waals surface area contributed by atoms with Gasteiger partial charge in [-0.05, 0) is 32.2 Å². The van der Waals surface area contributed by atoms with Crippen LogP contribution in [0.15, 0.2) is 12.5 Å². The van der Waals surface area contributed by atoms with Crippen molar-refractivity contribution in [1.29, 1.82) is 0 Å². The lowest BCUT2D eigenvalue weighted by Crippen LogP contribution is -2.27. The van der Waals surface area contributed by atoms with Gasteiger partial charge in [-0.15, -0.1) is 0 Å². The second kappa shape index (κ2) is 4.66. The Kier molecular flexibility index (Phi) is 3.15. The van der Waals surface area contributed by atoms with Crippen LogP contribution in [-0.2, 0) is 9.84 Å². The summed E-state index contributed by atoms with van der Waals surface area (Å²) in [6.07, 6.45) is 7.58. The Labute approximate surface area is 108 Å². The van der Waals surface area contributed by atoms with E-state index in [9.17, 15) is 8.42 Å². The first-order chi connectivity index (χ1) is 8.66. The fourth-order valence-corrected chi connectivity index (χ4v) is 4.45. The van der Waals surface area contributed by atoms with E-state index in [1.165, 1.54) is 12.1 Å². The van der Waals surface area contributed by atoms with Crippen LogP contribution in [0.5, 0.6) is 0 Å². The number of rotatable bonds is 2. The van der Waals surface area contributed by atoms with E-state index in [-0.39, 0.29) is 0 Å². The van der Waals surface area contributed by atoms with Gasteiger partial charge in [0.1, 0.15) is 9.84 Å². The molecule has 100 valence electrons. The molecule has 0 spiro atoms. The fourth-order valence-electron chi connectivity index (χ4n) is 2.98. The summed E-state index contributed by atoms with van der Waals surface area (Å²) in [6.45, 7) is 1.06. The van der Waals surface area contributed by atoms with Crippen molar-refractivity contribution >= 4 is 9.84 Å². The first-order valence-electron chi connectivity index (χ1n) is 6.61. The third kappa shape index (κ3) is 2.31. The standard InChI is InChI=1S/C12H19N3O2S/c16-18(17)6-3-10(4-7-18)15-9-13-8-12(15)11-2-1-5-14-11/h8-11,14H,1-7H2. The molecule has 0 aromatic carbocycles. The summed E-state index contributed by atoms with van der Waals surface area (Å²) in [5.41, 5.74) is 1.22. The zero-order valence-electron chi connectivity index (χ0n) is 10.4. The molecular weight excluding hydrogens is 250 g/mol. The van der Waals surface area contributed by atoms with Crippen molar-refractivity contribution in [3.8, 4) is 0 Å². The highest BCUT2D eigenvalue weighted by Gasteiger charge is 2.28. The highest BCUT2D eigenvalue weighted by molar-refractivity contribution is 7.91. The van der Waals surface area contributed by atoms with Gasteiger partial charge in [0.25, 0.3) is 0 Å². The lowest BCUT2D eigenvalue weighted by molar-refractivity contribution is 0.423. The summed E-state index contributed by atoms with van der Waals surface area (Å²) >= 11 is 0. The number of hydrogen-bond acceptors (Lipinski definition) is 4. The van der Waals surface area contributed by atoms with Crippen molar-refractivity contribution in [2.75, 3.05) is 18.1 Å². The maximum atomic E-state index is 11.5. The van der Waals surface area contributed by atoms with Gasteiger partial charge in [-0.3, -0.25) is 0 Å². The molecule has 1 aromatic heterocycles. The van der Waals surface area contributed by atoms with E-state index in [0.717, 1.165) is 25.8 Å². The number of sulfone groups is 1. The molecule has 1 aromatic rings. The molecule has 2 aliphatic heterocycles. The minimum absolute atomic E-state index is 0.299. The maximum absolute atomic E-state index is 11.5. The molecule has 5 nitrogen and oxygen atoms in total. The zero-order chi connectivity index (χ0) is 12.6. The van der Waals surface area contributed by atoms with Crippen molar-refractivity contribution in [2.24, 2.45) is 0 Å². The van der Waals surface area contributed by atoms with Crippen LogP contribution in [0.4, 0.5) is 0 Å². The van der Waals surface area contributed by atoms with E-state index in [1.54, 1.807) is 0 Å². The molecule has 2 fully saturated rings. The van der Waals surface area contributed by atoms with Gasteiger partial charge < -0.3 is 9.88 Å². The molecule has 1 atom stereocenters. The van der Waals surface area contributed by atoms with E-state index in [4.69, 9.17) is 0 Å². The molecule has 1 N–H and O–H groups in total. The van der Waals surface area contributed by atoms with E-state index in [1.807, 2.05) is 12.5 Å². The van der Waals surface area contributed by atoms with Crippen molar-refractivity contribution in [3.05, 3.63) is 18.2 Å². The van der Waals surface area contributed by atoms with Crippen LogP contribution in [0, 0.1) is 0 Å². The number of nitrogens with one attached hydrogen (secondary N) is 1. The van der Waals surface area contributed by atoms with Gasteiger partial charge in [-0.1, -0.05) is 0 Å². The second-order valence-electron chi connectivity index (χ2n) is 5.26. The van der Waals surface area contributed by atoms with E-state index >= 15 is 0 Å². The van der Waals surface area contributed by atoms with Gasteiger partial charge in [-0.25, -0.2) is 13.4 Å². The van der Waals surface area contributed by atoms with Gasteiger partial charge in [0.15, 0.2) is 0 Å². The van der Waals surface area contributed by atoms with E-state index < -0.39 is 9.84 Å². The van der Waals surface area contributed by atoms with Gasteiger partial charge in [0, 0.05) is 18.3 Å². The van der Waals surface area contributed by atoms with Crippen LogP contribution in [0.1, 0.15) is 43.5 Å². The number of aromatic nitrogens is 2. The van der Waals surface area contributed by atoms with Crippen LogP contribution in [0.3, 0.4) is 0 Å². The SMILES string of the molecule is O=S1(=O)CCC(n2cncc2C2CCCN2)CC1. The topological polar surface area (TPSA) is 64.0 Å². The second-order valence-corrected chi connectivity index (χ2v) is 7.56. The van der Waals surface area contributed by atoms with Gasteiger partial charge in [0.05, 0.1) is 23.5 Å². The largest absolute Gasteiger partial charge is 0.330 e. The third-order valence-corrected chi connectivity index (χ3v) is 5.75. The number of nitrogens with zero attached hydrogens (tertiary/aromatic N) is 2. The Hall–Kier alpha value is -0.880. The normalized spacial score (nSPS) is 28.6. The van der Waals surface area contributed by atoms with E-state index in [0.29, 0.717) is 23.6 Å². The van der Waals surface area contributed by atoms with Gasteiger partial charge >= 0.3 is 0 Å². The molecule has 2 aliphatic rings. The summed E-state index contributed by atoms with van der Waals surface area (Å²) in [4.78, 5) is 4.25. The van der Waals surface area contributed by atoms with Crippen LogP contribution >= 0.6 is 0 Å². The molecule has 18 heavy (non-hydrogen) atoms. The average Bonchev–Trinajstić information content (AvgIpc) is 2.99. The van der Waals surface area contributed by atoms with Crippen LogP contribution < -0.4 is 5.32 Å². The van der Waals surface area contributed by atoms with Gasteiger partial charge in [0.2, 0.25) is 0 Å². The smallest absolute Gasteiger partial charge is 0.150 e. The molecule has 0 bridgehead atoms. The third-order valence-electron chi connectivity index (χ3n) is 4.03. The summed E-state index contributed by atoms with van der Waals surface area (Å²) in [5.74, 6) is 0.626.